The third-order valence-corrected chi connectivity index (χ3v) is 14.1. The van der Waals surface area contributed by atoms with Crippen molar-refractivity contribution in [2.45, 2.75) is 49.0 Å². The van der Waals surface area contributed by atoms with Crippen molar-refractivity contribution in [3.05, 3.63) is 107 Å². The summed E-state index contributed by atoms with van der Waals surface area (Å²) in [5.41, 5.74) is 3.04. The summed E-state index contributed by atoms with van der Waals surface area (Å²) in [5, 5.41) is 19.2. The average Bonchev–Trinajstić information content (AvgIpc) is 3.76. The van der Waals surface area contributed by atoms with Crippen LogP contribution in [0.25, 0.3) is 0 Å². The molecule has 2 aromatic rings. The zero-order valence-corrected chi connectivity index (χ0v) is 43.1. The quantitative estimate of drug-likeness (QED) is 0.0496. The molecule has 406 valence electrons. The molecule has 0 saturated carbocycles. The minimum Gasteiger partial charge on any atom is -0.492 e. The molecule has 1 aliphatic carbocycles. The summed E-state index contributed by atoms with van der Waals surface area (Å²) in [5.74, 6) is -2.59. The number of anilines is 1. The molecule has 0 bridgehead atoms. The van der Waals surface area contributed by atoms with Crippen molar-refractivity contribution in [3.8, 4) is 11.8 Å². The van der Waals surface area contributed by atoms with Crippen LogP contribution in [0.4, 0.5) is 5.69 Å². The Kier molecular flexibility index (Phi) is 22.5. The Morgan fingerprint density at radius 3 is 2.03 bits per heavy atom. The fourth-order valence-corrected chi connectivity index (χ4v) is 9.60. The van der Waals surface area contributed by atoms with Gasteiger partial charge in [-0.05, 0) is 79.8 Å². The lowest BCUT2D eigenvalue weighted by atomic mass is 9.77. The molecule has 3 aliphatic rings. The van der Waals surface area contributed by atoms with Crippen LogP contribution in [-0.4, -0.2) is 182 Å². The summed E-state index contributed by atoms with van der Waals surface area (Å²) < 4.78 is 140. The molecule has 2 unspecified atom stereocenters. The van der Waals surface area contributed by atoms with Crippen LogP contribution in [0, 0.1) is 0 Å². The number of fused-ring (bicyclic) bond motifs is 2. The van der Waals surface area contributed by atoms with Crippen molar-refractivity contribution in [2.75, 3.05) is 116 Å². The summed E-state index contributed by atoms with van der Waals surface area (Å²) in [4.78, 5) is 20.4. The van der Waals surface area contributed by atoms with Gasteiger partial charge in [0.15, 0.2) is 0 Å². The van der Waals surface area contributed by atoms with E-state index in [9.17, 15) is 53.9 Å². The predicted octanol–water partition coefficient (Wildman–Crippen LogP) is 3.35. The fraction of sp³-hybridized carbons (Fsp3) is 0.511. The van der Waals surface area contributed by atoms with Crippen molar-refractivity contribution in [3.63, 3.8) is 0 Å². The molecule has 5 N–H and O–H groups in total. The number of carbonyl (C=O) groups excluding carboxylic acids is 1. The molecule has 0 radical (unpaired) electrons. The van der Waals surface area contributed by atoms with Gasteiger partial charge in [0.05, 0.1) is 102 Å². The standard InChI is InChI=1S/C47H65N3O20S3/c1-47(16-4-32-71(54,55)56)40-35-38(73(60,61)62)9-11-41(40)49(19-23-66-28-31-68-29-26-64-20-15-46(53)70-50-44(51)12-13-45(50)52)43(47)7-3-6-36-14-21-69-42-34-37(8-10-39(36)42)48(17-5-33-72(57,58)59)18-22-65-27-30-67-25-24-63-2/h3,6-14,21,34-35,42,51-52H,4-5,15-20,22-33H2,1-2H3,(H,54,55,56)(H,57,58,59)(H,60,61,62). The number of aromatic hydroxyl groups is 2. The largest absolute Gasteiger partial charge is 0.492 e. The molecule has 0 amide bonds. The van der Waals surface area contributed by atoms with Crippen LogP contribution >= 0.6 is 0 Å². The highest BCUT2D eigenvalue weighted by Gasteiger charge is 2.44. The Bertz CT molecular complexity index is 2680. The molecule has 1 aromatic heterocycles. The lowest BCUT2D eigenvalue weighted by Gasteiger charge is -2.31. The molecule has 3 heterocycles. The zero-order chi connectivity index (χ0) is 53.1. The Balaban J connectivity index is 1.27. The molecular weight excluding hydrogens is 1020 g/mol. The molecule has 23 nitrogen and oxygen atoms in total. The van der Waals surface area contributed by atoms with E-state index >= 15 is 0 Å². The van der Waals surface area contributed by atoms with E-state index in [1.54, 1.807) is 31.6 Å². The fourth-order valence-electron chi connectivity index (χ4n) is 8.09. The summed E-state index contributed by atoms with van der Waals surface area (Å²) in [6.07, 6.45) is 14.1. The predicted molar refractivity (Wildman–Crippen MR) is 265 cm³/mol. The van der Waals surface area contributed by atoms with Gasteiger partial charge in [-0.1, -0.05) is 18.2 Å². The smallest absolute Gasteiger partial charge is 0.335 e. The topological polar surface area (TPSA) is 306 Å². The first-order chi connectivity index (χ1) is 34.7. The van der Waals surface area contributed by atoms with Gasteiger partial charge in [0.1, 0.15) is 6.10 Å². The highest BCUT2D eigenvalue weighted by atomic mass is 32.2. The molecule has 0 fully saturated rings. The zero-order valence-electron chi connectivity index (χ0n) is 40.7. The number of rotatable bonds is 34. The van der Waals surface area contributed by atoms with Crippen LogP contribution in [0.15, 0.2) is 107 Å². The van der Waals surface area contributed by atoms with E-state index in [-0.39, 0.29) is 76.8 Å². The number of nitrogens with zero attached hydrogens (tertiary/aromatic N) is 3. The van der Waals surface area contributed by atoms with Gasteiger partial charge in [0.2, 0.25) is 11.8 Å². The normalized spacial score (nSPS) is 18.4. The second-order valence-electron chi connectivity index (χ2n) is 16.9. The van der Waals surface area contributed by atoms with Crippen molar-refractivity contribution in [1.82, 2.24) is 9.63 Å². The minimum absolute atomic E-state index is 0.000418. The van der Waals surface area contributed by atoms with Crippen molar-refractivity contribution >= 4 is 42.0 Å². The SMILES string of the molecule is COCCOCCOCCN(CCCS(=O)(=O)O)C1=CC2OC=CC(C=CC=C3N(CCOCCOCCOCCC(=O)On4c(O)ccc4O)c4ccc(S(=O)(=O)O)cc4C3(C)CCCS(=O)(=O)O)=C2C=C1. The van der Waals surface area contributed by atoms with Crippen LogP contribution in [-0.2, 0) is 73.7 Å². The second kappa shape index (κ2) is 28.0. The molecular formula is C47H65N3O20S3. The highest BCUT2D eigenvalue weighted by molar-refractivity contribution is 7.86. The first-order valence-electron chi connectivity index (χ1n) is 23.3. The Hall–Kier alpha value is -5.10. The van der Waals surface area contributed by atoms with Gasteiger partial charge in [-0.3, -0.25) is 13.7 Å². The average molecular weight is 1090 g/mol. The molecule has 26 heteroatoms. The Labute approximate surface area is 425 Å². The van der Waals surface area contributed by atoms with E-state index in [2.05, 4.69) is 0 Å². The molecule has 5 rings (SSSR count). The van der Waals surface area contributed by atoms with E-state index in [1.165, 1.54) is 12.1 Å². The highest BCUT2D eigenvalue weighted by Crippen LogP contribution is 2.51. The van der Waals surface area contributed by atoms with Crippen LogP contribution in [0.3, 0.4) is 0 Å². The van der Waals surface area contributed by atoms with Crippen molar-refractivity contribution in [1.29, 1.82) is 0 Å². The number of carbonyl (C=O) groups is 1. The van der Waals surface area contributed by atoms with E-state index in [1.807, 2.05) is 47.1 Å². The lowest BCUT2D eigenvalue weighted by molar-refractivity contribution is -0.146. The number of aromatic nitrogens is 1. The van der Waals surface area contributed by atoms with Gasteiger partial charge in [0, 0.05) is 66.9 Å². The first kappa shape index (κ1) is 58.8. The minimum atomic E-state index is -4.64. The van der Waals surface area contributed by atoms with Gasteiger partial charge in [-0.15, -0.1) is 4.73 Å². The maximum atomic E-state index is 12.4. The van der Waals surface area contributed by atoms with Gasteiger partial charge in [0.25, 0.3) is 30.4 Å². The molecule has 0 spiro atoms. The monoisotopic (exact) mass is 1090 g/mol. The number of allylic oxidation sites excluding steroid dienone is 7. The van der Waals surface area contributed by atoms with Crippen LogP contribution in [0.5, 0.6) is 11.8 Å². The molecule has 73 heavy (non-hydrogen) atoms. The molecule has 1 aromatic carbocycles. The second-order valence-corrected chi connectivity index (χ2v) is 21.4. The van der Waals surface area contributed by atoms with Gasteiger partial charge in [-0.25, -0.2) is 4.79 Å². The summed E-state index contributed by atoms with van der Waals surface area (Å²) in [6, 6.07) is 6.51. The van der Waals surface area contributed by atoms with E-state index in [0.29, 0.717) is 67.8 Å². The van der Waals surface area contributed by atoms with Gasteiger partial charge >= 0.3 is 5.97 Å². The summed E-state index contributed by atoms with van der Waals surface area (Å²) in [6.45, 7) is 5.59. The van der Waals surface area contributed by atoms with Crippen molar-refractivity contribution in [2.24, 2.45) is 0 Å². The van der Waals surface area contributed by atoms with E-state index in [0.717, 1.165) is 29.0 Å². The molecule has 2 aliphatic heterocycles. The summed E-state index contributed by atoms with van der Waals surface area (Å²) in [7, 11) is -11.6. The van der Waals surface area contributed by atoms with Gasteiger partial charge < -0.3 is 58.0 Å². The number of hydrogen-bond donors (Lipinski definition) is 5. The van der Waals surface area contributed by atoms with Gasteiger partial charge in [-0.2, -0.15) is 25.3 Å². The maximum absolute atomic E-state index is 12.4. The van der Waals surface area contributed by atoms with E-state index in [4.69, 9.17) is 38.0 Å². The number of ether oxygens (including phenoxy) is 7. The van der Waals surface area contributed by atoms with E-state index < -0.39 is 71.1 Å². The summed E-state index contributed by atoms with van der Waals surface area (Å²) >= 11 is 0. The van der Waals surface area contributed by atoms with Crippen LogP contribution < -0.4 is 9.74 Å². The third-order valence-electron chi connectivity index (χ3n) is 11.6. The number of hydrogen-bond acceptors (Lipinski definition) is 19. The van der Waals surface area contributed by atoms with Crippen LogP contribution in [0.2, 0.25) is 0 Å². The molecule has 2 atom stereocenters. The van der Waals surface area contributed by atoms with Crippen LogP contribution in [0.1, 0.15) is 38.2 Å². The molecule has 0 saturated heterocycles. The number of benzene rings is 1. The number of methoxy groups -OCH3 is 1. The third kappa shape index (κ3) is 18.7. The lowest BCUT2D eigenvalue weighted by Crippen LogP contribution is -2.31. The first-order valence-corrected chi connectivity index (χ1v) is 27.9. The Morgan fingerprint density at radius 2 is 1.38 bits per heavy atom. The Morgan fingerprint density at radius 1 is 0.767 bits per heavy atom. The van der Waals surface area contributed by atoms with Crippen molar-refractivity contribution < 1.29 is 91.9 Å². The maximum Gasteiger partial charge on any atom is 0.335 e.